The molecule has 2 amide bonds. The van der Waals surface area contributed by atoms with Gasteiger partial charge in [-0.05, 0) is 69.5 Å². The number of amides is 2. The van der Waals surface area contributed by atoms with Crippen LogP contribution in [0.3, 0.4) is 0 Å². The second kappa shape index (κ2) is 9.94. The number of carbonyl (C=O) groups excluding carboxylic acids is 2. The maximum Gasteiger partial charge on any atom is 0.242 e. The summed E-state index contributed by atoms with van der Waals surface area (Å²) in [5.74, 6) is 1.89. The summed E-state index contributed by atoms with van der Waals surface area (Å²) in [6, 6.07) is 12.6. The molecule has 2 aromatic carbocycles. The minimum Gasteiger partial charge on any atom is -0.497 e. The Morgan fingerprint density at radius 3 is 2.38 bits per heavy atom. The van der Waals surface area contributed by atoms with Crippen molar-refractivity contribution in [2.45, 2.75) is 58.7 Å². The Morgan fingerprint density at radius 1 is 1.06 bits per heavy atom. The molecule has 1 unspecified atom stereocenters. The monoisotopic (exact) mass is 440 g/mol. The number of nitrogens with zero attached hydrogens (tertiary/aromatic N) is 1. The number of nitrogens with one attached hydrogen (secondary N) is 1. The Kier molecular flexibility index (Phi) is 7.28. The van der Waals surface area contributed by atoms with Crippen LogP contribution in [0.25, 0.3) is 0 Å². The molecule has 1 aliphatic heterocycles. The van der Waals surface area contributed by atoms with E-state index in [1.807, 2.05) is 63.2 Å². The minimum absolute atomic E-state index is 0.0879. The Bertz CT molecular complexity index is 950. The Hall–Kier alpha value is -3.22. The highest BCUT2D eigenvalue weighted by molar-refractivity contribution is 5.87. The number of ether oxygens (including phenoxy) is 3. The third-order valence-electron chi connectivity index (χ3n) is 5.24. The molecule has 172 valence electrons. The fraction of sp³-hybridized carbons (Fsp3) is 0.440. The van der Waals surface area contributed by atoms with E-state index >= 15 is 0 Å². The van der Waals surface area contributed by atoms with E-state index in [1.54, 1.807) is 18.9 Å². The summed E-state index contributed by atoms with van der Waals surface area (Å²) in [4.78, 5) is 27.7. The number of rotatable bonds is 8. The van der Waals surface area contributed by atoms with E-state index in [0.29, 0.717) is 24.5 Å². The number of hydrogen-bond donors (Lipinski definition) is 1. The van der Waals surface area contributed by atoms with Crippen LogP contribution in [0.15, 0.2) is 42.5 Å². The van der Waals surface area contributed by atoms with E-state index < -0.39 is 6.04 Å². The highest BCUT2D eigenvalue weighted by atomic mass is 16.7. The molecule has 0 saturated carbocycles. The second-order valence-corrected chi connectivity index (χ2v) is 8.97. The van der Waals surface area contributed by atoms with Gasteiger partial charge in [-0.2, -0.15) is 0 Å². The summed E-state index contributed by atoms with van der Waals surface area (Å²) in [6.45, 7) is 8.09. The maximum absolute atomic E-state index is 13.3. The molecule has 0 spiro atoms. The van der Waals surface area contributed by atoms with Gasteiger partial charge in [-0.25, -0.2) is 0 Å². The molecular formula is C25H32N2O5. The zero-order chi connectivity index (χ0) is 23.3. The predicted molar refractivity (Wildman–Crippen MR) is 122 cm³/mol. The molecule has 1 N–H and O–H groups in total. The van der Waals surface area contributed by atoms with Crippen molar-refractivity contribution in [2.75, 3.05) is 13.9 Å². The molecule has 0 radical (unpaired) electrons. The second-order valence-electron chi connectivity index (χ2n) is 8.97. The van der Waals surface area contributed by atoms with Crippen LogP contribution >= 0.6 is 0 Å². The summed E-state index contributed by atoms with van der Waals surface area (Å²) in [5, 5.41) is 2.98. The molecule has 2 aromatic rings. The van der Waals surface area contributed by atoms with Crippen LogP contribution < -0.4 is 19.5 Å². The van der Waals surface area contributed by atoms with E-state index in [1.165, 1.54) is 0 Å². The molecule has 32 heavy (non-hydrogen) atoms. The molecule has 7 nitrogen and oxygen atoms in total. The van der Waals surface area contributed by atoms with Crippen LogP contribution in [0.4, 0.5) is 0 Å². The van der Waals surface area contributed by atoms with Gasteiger partial charge in [0.1, 0.15) is 11.8 Å². The summed E-state index contributed by atoms with van der Waals surface area (Å²) in [5.41, 5.74) is 1.53. The van der Waals surface area contributed by atoms with Crippen molar-refractivity contribution in [1.82, 2.24) is 10.2 Å². The first-order valence-corrected chi connectivity index (χ1v) is 10.8. The molecule has 0 saturated heterocycles. The van der Waals surface area contributed by atoms with Gasteiger partial charge < -0.3 is 24.4 Å². The standard InChI is InChI=1S/C25H32N2O5/c1-17(24(29)26-25(2,3)4)27(15-19-6-10-20(30-5)11-7-19)23(28)13-9-18-8-12-21-22(14-18)32-16-31-21/h6-8,10-12,14,17H,9,13,15-16H2,1-5H3,(H,26,29). The Balaban J connectivity index is 1.73. The van der Waals surface area contributed by atoms with Crippen LogP contribution in [-0.4, -0.2) is 42.2 Å². The predicted octanol–water partition coefficient (Wildman–Crippen LogP) is 3.69. The average Bonchev–Trinajstić information content (AvgIpc) is 3.22. The number of methoxy groups -OCH3 is 1. The highest BCUT2D eigenvalue weighted by Gasteiger charge is 2.28. The number of benzene rings is 2. The molecule has 0 bridgehead atoms. The molecule has 1 atom stereocenters. The number of fused-ring (bicyclic) bond motifs is 1. The van der Waals surface area contributed by atoms with Crippen LogP contribution in [0.2, 0.25) is 0 Å². The SMILES string of the molecule is COc1ccc(CN(C(=O)CCc2ccc3c(c2)OCO3)C(C)C(=O)NC(C)(C)C)cc1. The average molecular weight is 441 g/mol. The normalized spacial score (nSPS) is 13.4. The highest BCUT2D eigenvalue weighted by Crippen LogP contribution is 2.32. The van der Waals surface area contributed by atoms with Crippen LogP contribution in [0.1, 0.15) is 45.2 Å². The van der Waals surface area contributed by atoms with E-state index in [-0.39, 0.29) is 30.6 Å². The first-order valence-electron chi connectivity index (χ1n) is 10.8. The lowest BCUT2D eigenvalue weighted by Gasteiger charge is -2.31. The molecule has 0 aromatic heterocycles. The van der Waals surface area contributed by atoms with Gasteiger partial charge in [0, 0.05) is 18.5 Å². The molecule has 0 aliphatic carbocycles. The summed E-state index contributed by atoms with van der Waals surface area (Å²) in [6.07, 6.45) is 0.825. The quantitative estimate of drug-likeness (QED) is 0.678. The lowest BCUT2D eigenvalue weighted by Crippen LogP contribution is -2.52. The lowest BCUT2D eigenvalue weighted by atomic mass is 10.1. The summed E-state index contributed by atoms with van der Waals surface area (Å²) in [7, 11) is 1.61. The van der Waals surface area contributed by atoms with Gasteiger partial charge in [-0.3, -0.25) is 9.59 Å². The van der Waals surface area contributed by atoms with Gasteiger partial charge in [0.15, 0.2) is 11.5 Å². The fourth-order valence-corrected chi connectivity index (χ4v) is 3.48. The maximum atomic E-state index is 13.3. The van der Waals surface area contributed by atoms with Crippen molar-refractivity contribution in [1.29, 1.82) is 0 Å². The Morgan fingerprint density at radius 2 is 1.72 bits per heavy atom. The zero-order valence-electron chi connectivity index (χ0n) is 19.4. The summed E-state index contributed by atoms with van der Waals surface area (Å²) >= 11 is 0. The van der Waals surface area contributed by atoms with Gasteiger partial charge in [0.25, 0.3) is 0 Å². The van der Waals surface area contributed by atoms with Crippen molar-refractivity contribution in [3.8, 4) is 17.2 Å². The van der Waals surface area contributed by atoms with Gasteiger partial charge in [-0.1, -0.05) is 18.2 Å². The van der Waals surface area contributed by atoms with E-state index in [2.05, 4.69) is 5.32 Å². The molecule has 3 rings (SSSR count). The third-order valence-corrected chi connectivity index (χ3v) is 5.24. The number of carbonyl (C=O) groups is 2. The van der Waals surface area contributed by atoms with Gasteiger partial charge >= 0.3 is 0 Å². The van der Waals surface area contributed by atoms with Crippen molar-refractivity contribution >= 4 is 11.8 Å². The number of hydrogen-bond acceptors (Lipinski definition) is 5. The first kappa shape index (κ1) is 23.4. The fourth-order valence-electron chi connectivity index (χ4n) is 3.48. The Labute approximate surface area is 189 Å². The first-order chi connectivity index (χ1) is 15.2. The largest absolute Gasteiger partial charge is 0.497 e. The van der Waals surface area contributed by atoms with Gasteiger partial charge in [0.2, 0.25) is 18.6 Å². The van der Waals surface area contributed by atoms with E-state index in [9.17, 15) is 9.59 Å². The van der Waals surface area contributed by atoms with Crippen LogP contribution in [0.5, 0.6) is 17.2 Å². The number of aryl methyl sites for hydroxylation is 1. The molecular weight excluding hydrogens is 408 g/mol. The molecule has 7 heteroatoms. The van der Waals surface area contributed by atoms with Gasteiger partial charge in [-0.15, -0.1) is 0 Å². The van der Waals surface area contributed by atoms with Crippen molar-refractivity contribution in [3.05, 3.63) is 53.6 Å². The minimum atomic E-state index is -0.611. The molecule has 0 fully saturated rings. The smallest absolute Gasteiger partial charge is 0.242 e. The van der Waals surface area contributed by atoms with Crippen molar-refractivity contribution in [2.24, 2.45) is 0 Å². The van der Waals surface area contributed by atoms with E-state index in [4.69, 9.17) is 14.2 Å². The third kappa shape index (κ3) is 6.15. The topological polar surface area (TPSA) is 77.1 Å². The van der Waals surface area contributed by atoms with Crippen molar-refractivity contribution < 1.29 is 23.8 Å². The van der Waals surface area contributed by atoms with Crippen LogP contribution in [0, 0.1) is 0 Å². The zero-order valence-corrected chi connectivity index (χ0v) is 19.4. The van der Waals surface area contributed by atoms with E-state index in [0.717, 1.165) is 16.9 Å². The van der Waals surface area contributed by atoms with Gasteiger partial charge in [0.05, 0.1) is 7.11 Å². The summed E-state index contributed by atoms with van der Waals surface area (Å²) < 4.78 is 16.0. The molecule has 1 heterocycles. The van der Waals surface area contributed by atoms with Crippen molar-refractivity contribution in [3.63, 3.8) is 0 Å². The molecule has 1 aliphatic rings. The van der Waals surface area contributed by atoms with Crippen LogP contribution in [-0.2, 0) is 22.6 Å². The lowest BCUT2D eigenvalue weighted by molar-refractivity contribution is -0.141.